The first-order chi connectivity index (χ1) is 5.29. The summed E-state index contributed by atoms with van der Waals surface area (Å²) in [6.45, 7) is 1.61. The van der Waals surface area contributed by atoms with Crippen molar-refractivity contribution in [3.63, 3.8) is 0 Å². The van der Waals surface area contributed by atoms with Gasteiger partial charge in [0.2, 0.25) is 0 Å². The average molecular weight is 158 g/mol. The summed E-state index contributed by atoms with van der Waals surface area (Å²) in [6, 6.07) is 0. The van der Waals surface area contributed by atoms with Crippen LogP contribution >= 0.6 is 0 Å². The zero-order valence-electron chi connectivity index (χ0n) is 6.58. The quantitative estimate of drug-likeness (QED) is 0.673. The van der Waals surface area contributed by atoms with Gasteiger partial charge in [0.1, 0.15) is 0 Å². The van der Waals surface area contributed by atoms with Crippen LogP contribution in [0.2, 0.25) is 0 Å². The van der Waals surface area contributed by atoms with Crippen molar-refractivity contribution < 1.29 is 14.6 Å². The second-order valence-electron chi connectivity index (χ2n) is 3.02. The van der Waals surface area contributed by atoms with Gasteiger partial charge in [0.25, 0.3) is 0 Å². The van der Waals surface area contributed by atoms with Gasteiger partial charge in [-0.25, -0.2) is 0 Å². The lowest BCUT2D eigenvalue weighted by Crippen LogP contribution is -2.18. The highest BCUT2D eigenvalue weighted by molar-refractivity contribution is 5.66. The van der Waals surface area contributed by atoms with Crippen molar-refractivity contribution >= 4 is 5.97 Å². The Morgan fingerprint density at radius 3 is 3.00 bits per heavy atom. The maximum atomic E-state index is 10.2. The standard InChI is InChI=1S/C8H14O3/c9-8(10)4-3-7-2-1-5-11-6-7/h7H,1-6H2,(H,9,10). The van der Waals surface area contributed by atoms with Gasteiger partial charge in [0.05, 0.1) is 0 Å². The van der Waals surface area contributed by atoms with Crippen molar-refractivity contribution in [3.05, 3.63) is 0 Å². The van der Waals surface area contributed by atoms with Crippen molar-refractivity contribution in [2.45, 2.75) is 25.7 Å². The first-order valence-electron chi connectivity index (χ1n) is 4.08. The third-order valence-corrected chi connectivity index (χ3v) is 2.02. The highest BCUT2D eigenvalue weighted by Gasteiger charge is 2.14. The summed E-state index contributed by atoms with van der Waals surface area (Å²) >= 11 is 0. The van der Waals surface area contributed by atoms with Crippen LogP contribution in [0.5, 0.6) is 0 Å². The Labute approximate surface area is 66.4 Å². The number of aliphatic carboxylic acids is 1. The number of carboxylic acids is 1. The van der Waals surface area contributed by atoms with E-state index in [9.17, 15) is 4.79 Å². The van der Waals surface area contributed by atoms with E-state index in [0.29, 0.717) is 5.92 Å². The van der Waals surface area contributed by atoms with Gasteiger partial charge in [-0.2, -0.15) is 0 Å². The third kappa shape index (κ3) is 3.37. The Kier molecular flexibility index (Phi) is 3.36. The molecule has 3 heteroatoms. The Morgan fingerprint density at radius 1 is 1.64 bits per heavy atom. The molecule has 3 nitrogen and oxygen atoms in total. The predicted molar refractivity (Wildman–Crippen MR) is 40.4 cm³/mol. The van der Waals surface area contributed by atoms with Crippen molar-refractivity contribution in [1.82, 2.24) is 0 Å². The number of hydrogen-bond donors (Lipinski definition) is 1. The van der Waals surface area contributed by atoms with E-state index in [2.05, 4.69) is 0 Å². The molecule has 1 atom stereocenters. The normalized spacial score (nSPS) is 24.9. The van der Waals surface area contributed by atoms with Crippen molar-refractivity contribution in [1.29, 1.82) is 0 Å². The van der Waals surface area contributed by atoms with Gasteiger partial charge in [-0.15, -0.1) is 0 Å². The molecule has 0 aromatic rings. The molecule has 1 rings (SSSR count). The Hall–Kier alpha value is -0.570. The third-order valence-electron chi connectivity index (χ3n) is 2.02. The maximum Gasteiger partial charge on any atom is 0.303 e. The van der Waals surface area contributed by atoms with Crippen LogP contribution in [0.25, 0.3) is 0 Å². The molecular formula is C8H14O3. The molecule has 0 aromatic heterocycles. The number of carboxylic acid groups (broad SMARTS) is 1. The molecule has 1 fully saturated rings. The van der Waals surface area contributed by atoms with Gasteiger partial charge < -0.3 is 9.84 Å². The Bertz CT molecular complexity index is 127. The Morgan fingerprint density at radius 2 is 2.45 bits per heavy atom. The minimum atomic E-state index is -0.699. The molecule has 0 aliphatic carbocycles. The van der Waals surface area contributed by atoms with Crippen LogP contribution in [0, 0.1) is 5.92 Å². The zero-order valence-corrected chi connectivity index (χ0v) is 6.58. The second-order valence-corrected chi connectivity index (χ2v) is 3.02. The molecule has 1 heterocycles. The van der Waals surface area contributed by atoms with Crippen molar-refractivity contribution in [3.8, 4) is 0 Å². The molecule has 0 radical (unpaired) electrons. The molecule has 64 valence electrons. The van der Waals surface area contributed by atoms with Gasteiger partial charge in [0.15, 0.2) is 0 Å². The molecule has 1 unspecified atom stereocenters. The minimum absolute atomic E-state index is 0.286. The van der Waals surface area contributed by atoms with E-state index in [1.54, 1.807) is 0 Å². The van der Waals surface area contributed by atoms with E-state index in [-0.39, 0.29) is 6.42 Å². The molecule has 0 saturated carbocycles. The molecule has 0 amide bonds. The lowest BCUT2D eigenvalue weighted by atomic mass is 9.97. The fourth-order valence-electron chi connectivity index (χ4n) is 1.36. The van der Waals surface area contributed by atoms with Gasteiger partial charge >= 0.3 is 5.97 Å². The first-order valence-corrected chi connectivity index (χ1v) is 4.08. The van der Waals surface area contributed by atoms with Crippen LogP contribution in [0.3, 0.4) is 0 Å². The molecule has 1 saturated heterocycles. The van der Waals surface area contributed by atoms with Crippen molar-refractivity contribution in [2.24, 2.45) is 5.92 Å². The summed E-state index contributed by atoms with van der Waals surface area (Å²) < 4.78 is 5.22. The van der Waals surface area contributed by atoms with Crippen LogP contribution in [0.4, 0.5) is 0 Å². The molecule has 11 heavy (non-hydrogen) atoms. The molecule has 1 N–H and O–H groups in total. The van der Waals surface area contributed by atoms with Crippen LogP contribution in [-0.4, -0.2) is 24.3 Å². The molecule has 0 spiro atoms. The van der Waals surface area contributed by atoms with E-state index in [1.165, 1.54) is 0 Å². The molecule has 1 aliphatic heterocycles. The van der Waals surface area contributed by atoms with Crippen molar-refractivity contribution in [2.75, 3.05) is 13.2 Å². The number of ether oxygens (including phenoxy) is 1. The number of carbonyl (C=O) groups is 1. The van der Waals surface area contributed by atoms with E-state index >= 15 is 0 Å². The van der Waals surface area contributed by atoms with E-state index in [4.69, 9.17) is 9.84 Å². The molecule has 0 bridgehead atoms. The average Bonchev–Trinajstić information content (AvgIpc) is 2.03. The van der Waals surface area contributed by atoms with Crippen LogP contribution in [0.1, 0.15) is 25.7 Å². The van der Waals surface area contributed by atoms with Gasteiger partial charge in [0, 0.05) is 19.6 Å². The second kappa shape index (κ2) is 4.34. The van der Waals surface area contributed by atoms with E-state index in [0.717, 1.165) is 32.5 Å². The summed E-state index contributed by atoms with van der Waals surface area (Å²) in [6.07, 6.45) is 3.28. The fourth-order valence-corrected chi connectivity index (χ4v) is 1.36. The summed E-state index contributed by atoms with van der Waals surface area (Å²) in [7, 11) is 0. The SMILES string of the molecule is O=C(O)CCC1CCCOC1. The number of hydrogen-bond acceptors (Lipinski definition) is 2. The first kappa shape index (κ1) is 8.53. The Balaban J connectivity index is 2.09. The topological polar surface area (TPSA) is 46.5 Å². The lowest BCUT2D eigenvalue weighted by Gasteiger charge is -2.20. The van der Waals surface area contributed by atoms with Crippen LogP contribution in [-0.2, 0) is 9.53 Å². The van der Waals surface area contributed by atoms with Gasteiger partial charge in [-0.3, -0.25) is 4.79 Å². The summed E-state index contributed by atoms with van der Waals surface area (Å²) in [5.74, 6) is -0.213. The van der Waals surface area contributed by atoms with E-state index in [1.807, 2.05) is 0 Å². The lowest BCUT2D eigenvalue weighted by molar-refractivity contribution is -0.137. The zero-order chi connectivity index (χ0) is 8.10. The van der Waals surface area contributed by atoms with Crippen LogP contribution in [0.15, 0.2) is 0 Å². The summed E-state index contributed by atoms with van der Waals surface area (Å²) in [5, 5.41) is 8.40. The minimum Gasteiger partial charge on any atom is -0.481 e. The molecule has 1 aliphatic rings. The summed E-state index contributed by atoms with van der Waals surface area (Å²) in [5.41, 5.74) is 0. The smallest absolute Gasteiger partial charge is 0.303 e. The fraction of sp³-hybridized carbons (Fsp3) is 0.875. The van der Waals surface area contributed by atoms with Gasteiger partial charge in [-0.1, -0.05) is 0 Å². The highest BCUT2D eigenvalue weighted by Crippen LogP contribution is 2.18. The predicted octanol–water partition coefficient (Wildman–Crippen LogP) is 1.28. The largest absolute Gasteiger partial charge is 0.481 e. The molecular weight excluding hydrogens is 144 g/mol. The monoisotopic (exact) mass is 158 g/mol. The maximum absolute atomic E-state index is 10.2. The van der Waals surface area contributed by atoms with Crippen LogP contribution < -0.4 is 0 Å². The van der Waals surface area contributed by atoms with E-state index < -0.39 is 5.97 Å². The summed E-state index contributed by atoms with van der Waals surface area (Å²) in [4.78, 5) is 10.2. The number of rotatable bonds is 3. The highest BCUT2D eigenvalue weighted by atomic mass is 16.5. The molecule has 0 aromatic carbocycles. The van der Waals surface area contributed by atoms with Gasteiger partial charge in [-0.05, 0) is 25.2 Å².